The van der Waals surface area contributed by atoms with Crippen LogP contribution in [-0.2, 0) is 6.54 Å². The van der Waals surface area contributed by atoms with Gasteiger partial charge in [-0.3, -0.25) is 0 Å². The lowest BCUT2D eigenvalue weighted by Gasteiger charge is -2.37. The van der Waals surface area contributed by atoms with Crippen molar-refractivity contribution in [2.45, 2.75) is 25.4 Å². The summed E-state index contributed by atoms with van der Waals surface area (Å²) in [5.41, 5.74) is 1.41. The molecule has 0 aliphatic carbocycles. The van der Waals surface area contributed by atoms with Gasteiger partial charge in [-0.25, -0.2) is 0 Å². The lowest BCUT2D eigenvalue weighted by atomic mass is 10.0. The number of methoxy groups -OCH3 is 1. The summed E-state index contributed by atoms with van der Waals surface area (Å²) < 4.78 is 5.24. The molecule has 5 nitrogen and oxygen atoms in total. The van der Waals surface area contributed by atoms with Crippen LogP contribution in [0.2, 0.25) is 0 Å². The molecule has 0 spiro atoms. The predicted octanol–water partition coefficient (Wildman–Crippen LogP) is -2.98. The van der Waals surface area contributed by atoms with E-state index in [1.165, 1.54) is 57.7 Å². The Morgan fingerprint density at radius 2 is 1.62 bits per heavy atom. The Kier molecular flexibility index (Phi) is 6.49. The molecule has 2 aliphatic heterocycles. The minimum atomic E-state index is 0.331. The van der Waals surface area contributed by atoms with Gasteiger partial charge in [-0.05, 0) is 24.3 Å². The smallest absolute Gasteiger partial charge is 0.127 e. The maximum atomic E-state index is 9.08. The first-order chi connectivity index (χ1) is 11.8. The molecule has 1 aromatic rings. The zero-order valence-electron chi connectivity index (χ0n) is 15.0. The molecule has 0 atom stereocenters. The number of likely N-dealkylation sites (tertiary alicyclic amines) is 1. The number of piperazine rings is 1. The van der Waals surface area contributed by atoms with E-state index in [2.05, 4.69) is 24.3 Å². The van der Waals surface area contributed by atoms with Crippen molar-refractivity contribution in [3.8, 4) is 5.75 Å². The van der Waals surface area contributed by atoms with E-state index in [1.807, 2.05) is 4.90 Å². The van der Waals surface area contributed by atoms with E-state index in [0.717, 1.165) is 24.9 Å². The van der Waals surface area contributed by atoms with Gasteiger partial charge in [0.1, 0.15) is 45.0 Å². The van der Waals surface area contributed by atoms with Crippen molar-refractivity contribution in [2.24, 2.45) is 0 Å². The van der Waals surface area contributed by atoms with Gasteiger partial charge in [-0.2, -0.15) is 0 Å². The average molecular weight is 337 g/mol. The first-order valence-corrected chi connectivity index (χ1v) is 9.54. The lowest BCUT2D eigenvalue weighted by molar-refractivity contribution is -1.03. The number of hydrogen-bond acceptors (Lipinski definition) is 2. The Morgan fingerprint density at radius 1 is 0.958 bits per heavy atom. The van der Waals surface area contributed by atoms with E-state index in [0.29, 0.717) is 6.61 Å². The quantitative estimate of drug-likeness (QED) is 0.448. The minimum Gasteiger partial charge on any atom is -0.497 e. The SMILES string of the molecule is COc1ccc(C[NH+]2CCC([NH+]3CC[NH+](CCO)CC3)CC2)cc1. The van der Waals surface area contributed by atoms with Gasteiger partial charge in [0.2, 0.25) is 0 Å². The number of hydrogen-bond donors (Lipinski definition) is 4. The summed E-state index contributed by atoms with van der Waals surface area (Å²) in [6.07, 6.45) is 2.71. The molecule has 0 unspecified atom stereocenters. The van der Waals surface area contributed by atoms with E-state index in [-0.39, 0.29) is 0 Å². The monoisotopic (exact) mass is 336 g/mol. The van der Waals surface area contributed by atoms with E-state index in [4.69, 9.17) is 9.84 Å². The second kappa shape index (κ2) is 8.81. The fraction of sp³-hybridized carbons (Fsp3) is 0.684. The number of ether oxygens (including phenoxy) is 1. The third kappa shape index (κ3) is 4.70. The molecule has 2 heterocycles. The molecule has 3 rings (SSSR count). The van der Waals surface area contributed by atoms with Crippen LogP contribution in [0.15, 0.2) is 24.3 Å². The first kappa shape index (κ1) is 17.7. The highest BCUT2D eigenvalue weighted by molar-refractivity contribution is 5.26. The predicted molar refractivity (Wildman–Crippen MR) is 93.8 cm³/mol. The third-order valence-electron chi connectivity index (χ3n) is 5.95. The number of aliphatic hydroxyl groups is 1. The topological polar surface area (TPSA) is 42.8 Å². The highest BCUT2D eigenvalue weighted by atomic mass is 16.5. The second-order valence-corrected chi connectivity index (χ2v) is 7.43. The van der Waals surface area contributed by atoms with Crippen molar-refractivity contribution in [3.63, 3.8) is 0 Å². The van der Waals surface area contributed by atoms with Gasteiger partial charge < -0.3 is 24.5 Å². The largest absolute Gasteiger partial charge is 0.497 e. The molecular weight excluding hydrogens is 302 g/mol. The van der Waals surface area contributed by atoms with Crippen LogP contribution in [0.25, 0.3) is 0 Å². The fourth-order valence-corrected chi connectivity index (χ4v) is 4.38. The summed E-state index contributed by atoms with van der Waals surface area (Å²) in [7, 11) is 1.72. The van der Waals surface area contributed by atoms with Crippen molar-refractivity contribution in [1.82, 2.24) is 0 Å². The molecule has 2 saturated heterocycles. The van der Waals surface area contributed by atoms with Crippen molar-refractivity contribution in [1.29, 1.82) is 0 Å². The minimum absolute atomic E-state index is 0.331. The molecule has 0 amide bonds. The molecule has 5 heteroatoms. The Bertz CT molecular complexity index is 478. The summed E-state index contributed by atoms with van der Waals surface area (Å²) in [6, 6.07) is 9.40. The van der Waals surface area contributed by atoms with Gasteiger partial charge in [0.25, 0.3) is 0 Å². The molecule has 2 fully saturated rings. The van der Waals surface area contributed by atoms with Crippen LogP contribution >= 0.6 is 0 Å². The summed E-state index contributed by atoms with van der Waals surface area (Å²) >= 11 is 0. The molecule has 4 N–H and O–H groups in total. The van der Waals surface area contributed by atoms with E-state index in [1.54, 1.807) is 16.9 Å². The second-order valence-electron chi connectivity index (χ2n) is 7.43. The Balaban J connectivity index is 1.41. The maximum absolute atomic E-state index is 9.08. The van der Waals surface area contributed by atoms with Gasteiger partial charge in [-0.1, -0.05) is 0 Å². The van der Waals surface area contributed by atoms with Gasteiger partial charge in [0, 0.05) is 18.4 Å². The number of rotatable bonds is 6. The van der Waals surface area contributed by atoms with Crippen molar-refractivity contribution in [3.05, 3.63) is 29.8 Å². The molecule has 0 bridgehead atoms. The number of benzene rings is 1. The zero-order chi connectivity index (χ0) is 16.8. The number of piperidine rings is 1. The van der Waals surface area contributed by atoms with Crippen molar-refractivity contribution >= 4 is 0 Å². The number of quaternary nitrogens is 3. The Labute approximate surface area is 145 Å². The van der Waals surface area contributed by atoms with Crippen LogP contribution in [-0.4, -0.2) is 70.7 Å². The molecule has 1 aromatic carbocycles. The number of nitrogens with one attached hydrogen (secondary N) is 3. The molecule has 0 radical (unpaired) electrons. The van der Waals surface area contributed by atoms with Crippen LogP contribution in [0.5, 0.6) is 5.75 Å². The molecule has 24 heavy (non-hydrogen) atoms. The standard InChI is InChI=1S/C19H31N3O2/c1-24-19-4-2-17(3-5-19)16-21-8-6-18(7-9-21)22-12-10-20(11-13-22)14-15-23/h2-5,18,23H,6-16H2,1H3/p+3. The number of aliphatic hydroxyl groups excluding tert-OH is 1. The third-order valence-corrected chi connectivity index (χ3v) is 5.95. The van der Waals surface area contributed by atoms with Crippen LogP contribution in [0.4, 0.5) is 0 Å². The van der Waals surface area contributed by atoms with Crippen LogP contribution < -0.4 is 19.4 Å². The maximum Gasteiger partial charge on any atom is 0.127 e. The summed E-state index contributed by atoms with van der Waals surface area (Å²) in [5.74, 6) is 0.943. The highest BCUT2D eigenvalue weighted by Gasteiger charge is 2.33. The first-order valence-electron chi connectivity index (χ1n) is 9.54. The van der Waals surface area contributed by atoms with Crippen LogP contribution in [0.3, 0.4) is 0 Å². The summed E-state index contributed by atoms with van der Waals surface area (Å²) in [5, 5.41) is 9.08. The average Bonchev–Trinajstić information content (AvgIpc) is 2.64. The molecule has 134 valence electrons. The molecule has 2 aliphatic rings. The molecular formula is C19H34N3O2+3. The lowest BCUT2D eigenvalue weighted by Crippen LogP contribution is -3.30. The highest BCUT2D eigenvalue weighted by Crippen LogP contribution is 2.10. The Morgan fingerprint density at radius 3 is 2.21 bits per heavy atom. The van der Waals surface area contributed by atoms with Crippen LogP contribution in [0, 0.1) is 0 Å². The van der Waals surface area contributed by atoms with E-state index in [9.17, 15) is 0 Å². The fourth-order valence-electron chi connectivity index (χ4n) is 4.38. The Hall–Kier alpha value is -1.14. The molecule has 0 aromatic heterocycles. The normalized spacial score (nSPS) is 30.9. The van der Waals surface area contributed by atoms with Gasteiger partial charge in [-0.15, -0.1) is 0 Å². The summed E-state index contributed by atoms with van der Waals surface area (Å²) in [6.45, 7) is 10.0. The van der Waals surface area contributed by atoms with E-state index < -0.39 is 0 Å². The summed E-state index contributed by atoms with van der Waals surface area (Å²) in [4.78, 5) is 5.13. The van der Waals surface area contributed by atoms with E-state index >= 15 is 0 Å². The van der Waals surface area contributed by atoms with Gasteiger partial charge >= 0.3 is 0 Å². The van der Waals surface area contributed by atoms with Gasteiger partial charge in [0.05, 0.1) is 32.8 Å². The zero-order valence-corrected chi connectivity index (χ0v) is 15.0. The van der Waals surface area contributed by atoms with Gasteiger partial charge in [0.15, 0.2) is 0 Å². The van der Waals surface area contributed by atoms with Crippen LogP contribution in [0.1, 0.15) is 18.4 Å². The van der Waals surface area contributed by atoms with Crippen molar-refractivity contribution in [2.75, 3.05) is 59.5 Å². The van der Waals surface area contributed by atoms with Crippen molar-refractivity contribution < 1.29 is 24.5 Å². The molecule has 0 saturated carbocycles.